The largest absolute Gasteiger partial charge is 0.354 e. The Hall–Kier alpha value is -3.84. The fourth-order valence-corrected chi connectivity index (χ4v) is 3.49. The van der Waals surface area contributed by atoms with Gasteiger partial charge in [0.15, 0.2) is 0 Å². The molecule has 1 N–H and O–H groups in total. The second kappa shape index (κ2) is 7.42. The number of nitrogens with zero attached hydrogens (tertiary/aromatic N) is 2. The third-order valence-corrected chi connectivity index (χ3v) is 4.88. The first-order valence-corrected chi connectivity index (χ1v) is 9.09. The van der Waals surface area contributed by atoms with Gasteiger partial charge < -0.3 is 9.88 Å². The molecule has 1 aromatic heterocycles. The van der Waals surface area contributed by atoms with Crippen LogP contribution < -0.4 is 5.32 Å². The van der Waals surface area contributed by atoms with Gasteiger partial charge in [0.25, 0.3) is 5.91 Å². The van der Waals surface area contributed by atoms with E-state index in [-0.39, 0.29) is 11.5 Å². The van der Waals surface area contributed by atoms with Gasteiger partial charge in [-0.1, -0.05) is 54.6 Å². The molecule has 3 aromatic carbocycles. The van der Waals surface area contributed by atoms with E-state index >= 15 is 0 Å². The Morgan fingerprint density at radius 2 is 1.82 bits per heavy atom. The van der Waals surface area contributed by atoms with E-state index in [9.17, 15) is 10.1 Å². The molecule has 0 atom stereocenters. The van der Waals surface area contributed by atoms with Crippen molar-refractivity contribution in [1.29, 1.82) is 5.26 Å². The van der Waals surface area contributed by atoms with Crippen LogP contribution in [0.2, 0.25) is 0 Å². The van der Waals surface area contributed by atoms with Crippen molar-refractivity contribution in [2.45, 2.75) is 6.54 Å². The number of aromatic nitrogens is 1. The highest BCUT2D eigenvalue weighted by molar-refractivity contribution is 6.03. The maximum atomic E-state index is 11.9. The van der Waals surface area contributed by atoms with Crippen LogP contribution in [0.15, 0.2) is 78.5 Å². The molecule has 0 aliphatic heterocycles. The minimum atomic E-state index is -0.381. The lowest BCUT2D eigenvalue weighted by Crippen LogP contribution is -2.19. The Bertz CT molecular complexity index is 1260. The summed E-state index contributed by atoms with van der Waals surface area (Å²) in [5.41, 5.74) is 3.21. The third-order valence-electron chi connectivity index (χ3n) is 4.88. The highest BCUT2D eigenvalue weighted by Gasteiger charge is 2.11. The number of likely N-dealkylation sites (N-methyl/N-ethyl adjacent to an activating group) is 1. The van der Waals surface area contributed by atoms with Gasteiger partial charge in [0, 0.05) is 36.3 Å². The zero-order valence-corrected chi connectivity index (χ0v) is 15.5. The number of rotatable bonds is 4. The monoisotopic (exact) mass is 365 g/mol. The first kappa shape index (κ1) is 17.6. The van der Waals surface area contributed by atoms with Gasteiger partial charge in [-0.05, 0) is 34.5 Å². The molecule has 0 bridgehead atoms. The lowest BCUT2D eigenvalue weighted by molar-refractivity contribution is -0.116. The van der Waals surface area contributed by atoms with Crippen LogP contribution in [0, 0.1) is 11.3 Å². The molecular formula is C24H19N3O. The molecule has 1 amide bonds. The van der Waals surface area contributed by atoms with Crippen molar-refractivity contribution in [3.63, 3.8) is 0 Å². The maximum absolute atomic E-state index is 11.9. The summed E-state index contributed by atoms with van der Waals surface area (Å²) in [6.07, 6.45) is 3.65. The molecule has 0 spiro atoms. The van der Waals surface area contributed by atoms with Gasteiger partial charge in [-0.15, -0.1) is 0 Å². The molecular weight excluding hydrogens is 346 g/mol. The van der Waals surface area contributed by atoms with E-state index in [1.807, 2.05) is 42.6 Å². The van der Waals surface area contributed by atoms with E-state index in [1.165, 1.54) is 23.4 Å². The zero-order chi connectivity index (χ0) is 19.5. The highest BCUT2D eigenvalue weighted by Crippen LogP contribution is 2.25. The summed E-state index contributed by atoms with van der Waals surface area (Å²) < 4.78 is 2.16. The molecule has 0 saturated carbocycles. The van der Waals surface area contributed by atoms with E-state index in [2.05, 4.69) is 46.3 Å². The minimum absolute atomic E-state index is 0.0936. The lowest BCUT2D eigenvalue weighted by Gasteiger charge is -2.07. The van der Waals surface area contributed by atoms with Crippen LogP contribution in [-0.4, -0.2) is 17.5 Å². The Balaban J connectivity index is 1.78. The highest BCUT2D eigenvalue weighted by atomic mass is 16.1. The van der Waals surface area contributed by atoms with E-state index < -0.39 is 0 Å². The first-order valence-electron chi connectivity index (χ1n) is 9.09. The summed E-state index contributed by atoms with van der Waals surface area (Å²) in [6, 6.07) is 24.8. The molecule has 0 unspecified atom stereocenters. The summed E-state index contributed by atoms with van der Waals surface area (Å²) in [4.78, 5) is 11.9. The van der Waals surface area contributed by atoms with Crippen molar-refractivity contribution in [1.82, 2.24) is 9.88 Å². The summed E-state index contributed by atoms with van der Waals surface area (Å²) >= 11 is 0. The number of benzene rings is 3. The standard InChI is InChI=1S/C24H19N3O/c1-26-24(28)20(14-25)13-21-16-27(23-9-5-4-8-22(21)23)15-17-10-11-18-6-2-3-7-19(18)12-17/h2-13,16H,15H2,1H3,(H,26,28)/b20-13-. The molecule has 0 saturated heterocycles. The predicted molar refractivity (Wildman–Crippen MR) is 113 cm³/mol. The van der Waals surface area contributed by atoms with Gasteiger partial charge in [-0.2, -0.15) is 5.26 Å². The van der Waals surface area contributed by atoms with Gasteiger partial charge in [0.1, 0.15) is 11.6 Å². The maximum Gasteiger partial charge on any atom is 0.261 e. The number of hydrogen-bond donors (Lipinski definition) is 1. The minimum Gasteiger partial charge on any atom is -0.354 e. The normalized spacial score (nSPS) is 11.5. The van der Waals surface area contributed by atoms with Crippen LogP contribution in [0.4, 0.5) is 0 Å². The Morgan fingerprint density at radius 1 is 1.07 bits per heavy atom. The summed E-state index contributed by atoms with van der Waals surface area (Å²) in [5.74, 6) is -0.381. The van der Waals surface area contributed by atoms with E-state index in [4.69, 9.17) is 0 Å². The third kappa shape index (κ3) is 3.26. The van der Waals surface area contributed by atoms with Crippen molar-refractivity contribution >= 4 is 33.7 Å². The topological polar surface area (TPSA) is 57.8 Å². The predicted octanol–water partition coefficient (Wildman–Crippen LogP) is 4.50. The molecule has 28 heavy (non-hydrogen) atoms. The molecule has 1 heterocycles. The lowest BCUT2D eigenvalue weighted by atomic mass is 10.1. The van der Waals surface area contributed by atoms with Crippen molar-refractivity contribution in [3.05, 3.63) is 89.6 Å². The summed E-state index contributed by atoms with van der Waals surface area (Å²) in [7, 11) is 1.52. The summed E-state index contributed by atoms with van der Waals surface area (Å²) in [6.45, 7) is 0.709. The van der Waals surface area contributed by atoms with Gasteiger partial charge in [0.2, 0.25) is 0 Å². The van der Waals surface area contributed by atoms with E-state index in [0.29, 0.717) is 6.54 Å². The van der Waals surface area contributed by atoms with Crippen molar-refractivity contribution in [3.8, 4) is 6.07 Å². The van der Waals surface area contributed by atoms with Gasteiger partial charge in [0.05, 0.1) is 0 Å². The smallest absolute Gasteiger partial charge is 0.261 e. The number of para-hydroxylation sites is 1. The second-order valence-electron chi connectivity index (χ2n) is 6.66. The Kier molecular flexibility index (Phi) is 4.65. The van der Waals surface area contributed by atoms with Crippen LogP contribution in [0.3, 0.4) is 0 Å². The van der Waals surface area contributed by atoms with Crippen LogP contribution >= 0.6 is 0 Å². The van der Waals surface area contributed by atoms with Crippen molar-refractivity contribution < 1.29 is 4.79 Å². The van der Waals surface area contributed by atoms with Crippen LogP contribution in [0.5, 0.6) is 0 Å². The molecule has 136 valence electrons. The number of carbonyl (C=O) groups is 1. The Labute approximate surface area is 163 Å². The van der Waals surface area contributed by atoms with Gasteiger partial charge >= 0.3 is 0 Å². The average molecular weight is 365 g/mol. The average Bonchev–Trinajstić information content (AvgIpc) is 3.08. The molecule has 0 radical (unpaired) electrons. The van der Waals surface area contributed by atoms with Crippen molar-refractivity contribution in [2.75, 3.05) is 7.05 Å². The van der Waals surface area contributed by atoms with Gasteiger partial charge in [-0.25, -0.2) is 0 Å². The molecule has 0 aliphatic rings. The Morgan fingerprint density at radius 3 is 2.61 bits per heavy atom. The SMILES string of the molecule is CNC(=O)/C(C#N)=C\c1cn(Cc2ccc3ccccc3c2)c2ccccc12. The molecule has 4 heteroatoms. The number of carbonyl (C=O) groups excluding carboxylic acids is 1. The molecule has 4 aromatic rings. The number of fused-ring (bicyclic) bond motifs is 2. The van der Waals surface area contributed by atoms with Crippen LogP contribution in [0.1, 0.15) is 11.1 Å². The molecule has 0 aliphatic carbocycles. The number of nitrogens with one attached hydrogen (secondary N) is 1. The second-order valence-corrected chi connectivity index (χ2v) is 6.66. The van der Waals surface area contributed by atoms with Gasteiger partial charge in [-0.3, -0.25) is 4.79 Å². The summed E-state index contributed by atoms with van der Waals surface area (Å²) in [5, 5.41) is 15.3. The quantitative estimate of drug-likeness (QED) is 0.428. The van der Waals surface area contributed by atoms with Crippen molar-refractivity contribution in [2.24, 2.45) is 0 Å². The van der Waals surface area contributed by atoms with E-state index in [0.717, 1.165) is 16.5 Å². The fourth-order valence-electron chi connectivity index (χ4n) is 3.49. The van der Waals surface area contributed by atoms with Crippen LogP contribution in [0.25, 0.3) is 27.8 Å². The van der Waals surface area contributed by atoms with E-state index in [1.54, 1.807) is 6.08 Å². The zero-order valence-electron chi connectivity index (χ0n) is 15.5. The number of nitriles is 1. The molecule has 0 fully saturated rings. The number of hydrogen-bond acceptors (Lipinski definition) is 2. The van der Waals surface area contributed by atoms with Crippen LogP contribution in [-0.2, 0) is 11.3 Å². The first-order chi connectivity index (χ1) is 13.7. The molecule has 4 rings (SSSR count). The fraction of sp³-hybridized carbons (Fsp3) is 0.0833. The number of amides is 1. The molecule has 4 nitrogen and oxygen atoms in total.